The third kappa shape index (κ3) is 2.68. The van der Waals surface area contributed by atoms with Gasteiger partial charge in [0.1, 0.15) is 5.54 Å². The lowest BCUT2D eigenvalue weighted by molar-refractivity contribution is -0.139. The average Bonchev–Trinajstić information content (AvgIpc) is 2.50. The topological polar surface area (TPSA) is 66.6 Å². The predicted octanol–water partition coefficient (Wildman–Crippen LogP) is 0.975. The first-order valence-corrected chi connectivity index (χ1v) is 7.89. The number of rotatable bonds is 5. The summed E-state index contributed by atoms with van der Waals surface area (Å²) >= 11 is 0. The van der Waals surface area contributed by atoms with Crippen molar-refractivity contribution in [1.82, 2.24) is 9.80 Å². The highest BCUT2D eigenvalue weighted by molar-refractivity contribution is 5.85. The van der Waals surface area contributed by atoms with Gasteiger partial charge in [0, 0.05) is 26.2 Å². The van der Waals surface area contributed by atoms with Crippen molar-refractivity contribution in [2.24, 2.45) is 11.7 Å². The van der Waals surface area contributed by atoms with Crippen molar-refractivity contribution >= 4 is 12.3 Å². The van der Waals surface area contributed by atoms with E-state index in [1.54, 1.807) is 4.90 Å². The van der Waals surface area contributed by atoms with Crippen LogP contribution in [0.1, 0.15) is 45.4 Å². The van der Waals surface area contributed by atoms with Crippen LogP contribution in [0.5, 0.6) is 0 Å². The molecule has 5 nitrogen and oxygen atoms in total. The molecule has 1 atom stereocenters. The highest BCUT2D eigenvalue weighted by Gasteiger charge is 2.48. The molecule has 1 aliphatic carbocycles. The van der Waals surface area contributed by atoms with Crippen LogP contribution in [0.25, 0.3) is 0 Å². The zero-order valence-electron chi connectivity index (χ0n) is 12.5. The van der Waals surface area contributed by atoms with Gasteiger partial charge < -0.3 is 10.6 Å². The minimum absolute atomic E-state index is 0.175. The standard InChI is InChI=1S/C15H27N3O2/c1-2-15(14(16)20,13-6-4-3-5-7-13)18-10-8-17(12-19)9-11-18/h12-13H,2-11H2,1H3,(H2,16,20). The van der Waals surface area contributed by atoms with Crippen LogP contribution in [0.2, 0.25) is 0 Å². The van der Waals surface area contributed by atoms with Gasteiger partial charge in [-0.05, 0) is 25.2 Å². The van der Waals surface area contributed by atoms with Gasteiger partial charge in [-0.25, -0.2) is 0 Å². The van der Waals surface area contributed by atoms with E-state index >= 15 is 0 Å². The molecule has 2 amide bonds. The van der Waals surface area contributed by atoms with Crippen molar-refractivity contribution in [3.8, 4) is 0 Å². The number of carbonyl (C=O) groups is 2. The maximum absolute atomic E-state index is 12.3. The van der Waals surface area contributed by atoms with Gasteiger partial charge in [-0.1, -0.05) is 26.2 Å². The molecule has 1 saturated carbocycles. The molecule has 1 saturated heterocycles. The second kappa shape index (κ2) is 6.57. The molecule has 0 spiro atoms. The van der Waals surface area contributed by atoms with E-state index in [-0.39, 0.29) is 5.91 Å². The molecular formula is C15H27N3O2. The molecule has 20 heavy (non-hydrogen) atoms. The van der Waals surface area contributed by atoms with E-state index in [2.05, 4.69) is 11.8 Å². The number of piperazine rings is 1. The second-order valence-corrected chi connectivity index (χ2v) is 6.11. The summed E-state index contributed by atoms with van der Waals surface area (Å²) in [5, 5.41) is 0. The third-order valence-electron chi connectivity index (χ3n) is 5.27. The summed E-state index contributed by atoms with van der Waals surface area (Å²) in [6.07, 6.45) is 7.55. The van der Waals surface area contributed by atoms with Gasteiger partial charge >= 0.3 is 0 Å². The molecular weight excluding hydrogens is 254 g/mol. The van der Waals surface area contributed by atoms with E-state index < -0.39 is 5.54 Å². The number of nitrogens with two attached hydrogens (primary N) is 1. The lowest BCUT2D eigenvalue weighted by atomic mass is 9.71. The van der Waals surface area contributed by atoms with Gasteiger partial charge in [0.2, 0.25) is 12.3 Å². The summed E-state index contributed by atoms with van der Waals surface area (Å²) in [5.41, 5.74) is 5.34. The van der Waals surface area contributed by atoms with Crippen molar-refractivity contribution in [1.29, 1.82) is 0 Å². The molecule has 2 N–H and O–H groups in total. The van der Waals surface area contributed by atoms with Crippen molar-refractivity contribution in [2.45, 2.75) is 51.0 Å². The van der Waals surface area contributed by atoms with E-state index in [1.165, 1.54) is 19.3 Å². The Kier molecular flexibility index (Phi) is 5.02. The van der Waals surface area contributed by atoms with Gasteiger partial charge in [-0.15, -0.1) is 0 Å². The first-order valence-electron chi connectivity index (χ1n) is 7.89. The Morgan fingerprint density at radius 3 is 2.25 bits per heavy atom. The lowest BCUT2D eigenvalue weighted by Crippen LogP contribution is -2.65. The molecule has 114 valence electrons. The smallest absolute Gasteiger partial charge is 0.238 e. The highest BCUT2D eigenvalue weighted by Crippen LogP contribution is 2.39. The van der Waals surface area contributed by atoms with Crippen molar-refractivity contribution < 1.29 is 9.59 Å². The number of carbonyl (C=O) groups excluding carboxylic acids is 2. The summed E-state index contributed by atoms with van der Waals surface area (Å²) in [6, 6.07) is 0. The molecule has 2 rings (SSSR count). The number of amides is 2. The van der Waals surface area contributed by atoms with E-state index in [4.69, 9.17) is 5.73 Å². The zero-order chi connectivity index (χ0) is 14.6. The molecule has 5 heteroatoms. The summed E-state index contributed by atoms with van der Waals surface area (Å²) in [6.45, 7) is 4.99. The molecule has 2 aliphatic rings. The Balaban J connectivity index is 2.18. The van der Waals surface area contributed by atoms with Gasteiger partial charge in [0.25, 0.3) is 0 Å². The summed E-state index contributed by atoms with van der Waals surface area (Å²) in [7, 11) is 0. The van der Waals surface area contributed by atoms with Crippen molar-refractivity contribution in [3.63, 3.8) is 0 Å². The second-order valence-electron chi connectivity index (χ2n) is 6.11. The number of nitrogens with zero attached hydrogens (tertiary/aromatic N) is 2. The molecule has 0 aromatic rings. The minimum atomic E-state index is -0.505. The maximum atomic E-state index is 12.3. The van der Waals surface area contributed by atoms with Gasteiger partial charge in [0.15, 0.2) is 0 Å². The summed E-state index contributed by atoms with van der Waals surface area (Å²) in [5.74, 6) is 0.202. The van der Waals surface area contributed by atoms with E-state index in [9.17, 15) is 9.59 Å². The molecule has 0 radical (unpaired) electrons. The highest BCUT2D eigenvalue weighted by atomic mass is 16.2. The van der Waals surface area contributed by atoms with Crippen LogP contribution in [0.4, 0.5) is 0 Å². The largest absolute Gasteiger partial charge is 0.368 e. The van der Waals surface area contributed by atoms with E-state index in [0.717, 1.165) is 38.8 Å². The fourth-order valence-electron chi connectivity index (χ4n) is 4.11. The number of primary amides is 1. The lowest BCUT2D eigenvalue weighted by Gasteiger charge is -2.50. The van der Waals surface area contributed by atoms with Crippen LogP contribution in [0.3, 0.4) is 0 Å². The first kappa shape index (κ1) is 15.3. The van der Waals surface area contributed by atoms with E-state index in [0.29, 0.717) is 19.0 Å². The van der Waals surface area contributed by atoms with Crippen LogP contribution in [-0.4, -0.2) is 53.8 Å². The molecule has 1 unspecified atom stereocenters. The van der Waals surface area contributed by atoms with Crippen LogP contribution in [0.15, 0.2) is 0 Å². The first-order chi connectivity index (χ1) is 9.65. The normalized spacial score (nSPS) is 25.1. The Hall–Kier alpha value is -1.10. The summed E-state index contributed by atoms with van der Waals surface area (Å²) in [4.78, 5) is 27.2. The van der Waals surface area contributed by atoms with Crippen molar-refractivity contribution in [3.05, 3.63) is 0 Å². The molecule has 0 aromatic carbocycles. The molecule has 2 fully saturated rings. The predicted molar refractivity (Wildman–Crippen MR) is 78.0 cm³/mol. The van der Waals surface area contributed by atoms with Crippen LogP contribution in [0, 0.1) is 5.92 Å². The SMILES string of the molecule is CCC(C(N)=O)(C1CCCCC1)N1CCN(C=O)CC1. The average molecular weight is 281 g/mol. The van der Waals surface area contributed by atoms with Crippen LogP contribution >= 0.6 is 0 Å². The van der Waals surface area contributed by atoms with Gasteiger partial charge in [-0.2, -0.15) is 0 Å². The summed E-state index contributed by atoms with van der Waals surface area (Å²) < 4.78 is 0. The maximum Gasteiger partial charge on any atom is 0.238 e. The quantitative estimate of drug-likeness (QED) is 0.764. The Morgan fingerprint density at radius 2 is 1.80 bits per heavy atom. The molecule has 0 aromatic heterocycles. The van der Waals surface area contributed by atoms with Crippen LogP contribution < -0.4 is 5.73 Å². The van der Waals surface area contributed by atoms with Gasteiger partial charge in [0.05, 0.1) is 0 Å². The van der Waals surface area contributed by atoms with E-state index in [1.807, 2.05) is 0 Å². The Bertz CT molecular complexity index is 347. The molecule has 1 heterocycles. The zero-order valence-corrected chi connectivity index (χ0v) is 12.5. The molecule has 1 aliphatic heterocycles. The Labute approximate surface area is 121 Å². The number of hydrogen-bond acceptors (Lipinski definition) is 3. The van der Waals surface area contributed by atoms with Crippen molar-refractivity contribution in [2.75, 3.05) is 26.2 Å². The fourth-order valence-corrected chi connectivity index (χ4v) is 4.11. The molecule has 0 bridgehead atoms. The van der Waals surface area contributed by atoms with Gasteiger partial charge in [-0.3, -0.25) is 14.5 Å². The van der Waals surface area contributed by atoms with Crippen LogP contribution in [-0.2, 0) is 9.59 Å². The Morgan fingerprint density at radius 1 is 1.20 bits per heavy atom. The third-order valence-corrected chi connectivity index (χ3v) is 5.27. The number of hydrogen-bond donors (Lipinski definition) is 1. The monoisotopic (exact) mass is 281 g/mol. The minimum Gasteiger partial charge on any atom is -0.368 e. The fraction of sp³-hybridized carbons (Fsp3) is 0.867.